The summed E-state index contributed by atoms with van der Waals surface area (Å²) in [5.41, 5.74) is 10.4. The number of nitrogens with two attached hydrogens (primary N) is 1. The van der Waals surface area contributed by atoms with Crippen LogP contribution < -0.4 is 15.2 Å². The number of nitriles is 2. The van der Waals surface area contributed by atoms with Gasteiger partial charge >= 0.3 is 0 Å². The minimum atomic E-state index is -0.729. The van der Waals surface area contributed by atoms with Gasteiger partial charge in [0, 0.05) is 17.8 Å². The van der Waals surface area contributed by atoms with Gasteiger partial charge in [0.2, 0.25) is 5.91 Å². The summed E-state index contributed by atoms with van der Waals surface area (Å²) in [6.07, 6.45) is 9.64. The normalized spacial score (nSPS) is 15.8. The van der Waals surface area contributed by atoms with Gasteiger partial charge in [0.15, 0.2) is 0 Å². The number of carbonyl (C=O) groups is 1. The van der Waals surface area contributed by atoms with Crippen molar-refractivity contribution in [1.29, 1.82) is 10.5 Å². The zero-order valence-electron chi connectivity index (χ0n) is 20.1. The molecule has 6 heteroatoms. The van der Waals surface area contributed by atoms with Gasteiger partial charge in [-0.25, -0.2) is 0 Å². The van der Waals surface area contributed by atoms with E-state index in [2.05, 4.69) is 6.08 Å². The molecule has 0 saturated carbocycles. The Kier molecular flexibility index (Phi) is 6.90. The number of ether oxygens (including phenoxy) is 2. The van der Waals surface area contributed by atoms with E-state index in [-0.39, 0.29) is 12.3 Å². The molecule has 3 aromatic carbocycles. The van der Waals surface area contributed by atoms with Crippen molar-refractivity contribution >= 4 is 5.91 Å². The summed E-state index contributed by atoms with van der Waals surface area (Å²) in [6, 6.07) is 21.5. The maximum Gasteiger partial charge on any atom is 0.292 e. The minimum absolute atomic E-state index is 0.106. The maximum atomic E-state index is 12.1. The van der Waals surface area contributed by atoms with Crippen LogP contribution in [0.25, 0.3) is 0 Å². The summed E-state index contributed by atoms with van der Waals surface area (Å²) in [6.45, 7) is 3.78. The first kappa shape index (κ1) is 24.3. The number of rotatable bonds is 7. The lowest BCUT2D eigenvalue weighted by Gasteiger charge is -2.43. The Bertz CT molecular complexity index is 1380. The third-order valence-corrected chi connectivity index (χ3v) is 6.62. The Morgan fingerprint density at radius 3 is 1.94 bits per heavy atom. The molecule has 1 amide bonds. The fourth-order valence-electron chi connectivity index (χ4n) is 5.13. The van der Waals surface area contributed by atoms with Crippen molar-refractivity contribution in [2.75, 3.05) is 0 Å². The third kappa shape index (κ3) is 4.45. The first-order valence-electron chi connectivity index (χ1n) is 11.5. The number of allylic oxidation sites excluding steroid dienone is 3. The van der Waals surface area contributed by atoms with Crippen LogP contribution in [0.3, 0.4) is 0 Å². The summed E-state index contributed by atoms with van der Waals surface area (Å²) in [7, 11) is 0. The lowest BCUT2D eigenvalue weighted by molar-refractivity contribution is -0.117. The molecule has 0 fully saturated rings. The van der Waals surface area contributed by atoms with Crippen molar-refractivity contribution in [2.45, 2.75) is 31.6 Å². The van der Waals surface area contributed by atoms with E-state index in [9.17, 15) is 4.79 Å². The van der Waals surface area contributed by atoms with Gasteiger partial charge in [-0.3, -0.25) is 4.79 Å². The molecule has 3 aromatic rings. The maximum absolute atomic E-state index is 12.1. The van der Waals surface area contributed by atoms with Crippen molar-refractivity contribution < 1.29 is 14.3 Å². The molecule has 0 radical (unpaired) electrons. The van der Waals surface area contributed by atoms with E-state index in [0.29, 0.717) is 11.5 Å². The molecule has 6 nitrogen and oxygen atoms in total. The van der Waals surface area contributed by atoms with Gasteiger partial charge in [-0.05, 0) is 53.8 Å². The van der Waals surface area contributed by atoms with Crippen LogP contribution in [0.5, 0.6) is 11.5 Å². The molecule has 1 atom stereocenters. The van der Waals surface area contributed by atoms with Gasteiger partial charge in [0.05, 0.1) is 0 Å². The molecule has 36 heavy (non-hydrogen) atoms. The van der Waals surface area contributed by atoms with E-state index >= 15 is 0 Å². The van der Waals surface area contributed by atoms with Gasteiger partial charge in [-0.1, -0.05) is 78.4 Å². The second kappa shape index (κ2) is 10.2. The van der Waals surface area contributed by atoms with E-state index in [1.807, 2.05) is 80.6 Å². The van der Waals surface area contributed by atoms with Crippen molar-refractivity contribution in [3.8, 4) is 24.0 Å². The standard InChI is InChI=1S/C30H25N3O3/c1-20-15-24(10-12-26(20)35-18-31)30(25-11-13-27(36-19-32)21(2)16-25)14-6-9-23(17-28(33)34)29(30)22-7-4-3-5-8-22/h3-16,29H,17H2,1-2H3,(H2,33,34). The van der Waals surface area contributed by atoms with Crippen LogP contribution in [0, 0.1) is 36.9 Å². The lowest BCUT2D eigenvalue weighted by atomic mass is 9.58. The molecule has 4 rings (SSSR count). The van der Waals surface area contributed by atoms with Crippen LogP contribution in [0.1, 0.15) is 40.2 Å². The number of benzene rings is 3. The average Bonchev–Trinajstić information content (AvgIpc) is 2.86. The fraction of sp³-hybridized carbons (Fsp3) is 0.167. The number of primary amides is 1. The van der Waals surface area contributed by atoms with Crippen LogP contribution in [-0.4, -0.2) is 5.91 Å². The smallest absolute Gasteiger partial charge is 0.292 e. The minimum Gasteiger partial charge on any atom is -0.388 e. The summed E-state index contributed by atoms with van der Waals surface area (Å²) >= 11 is 0. The van der Waals surface area contributed by atoms with Gasteiger partial charge in [-0.2, -0.15) is 0 Å². The Labute approximate surface area is 210 Å². The van der Waals surface area contributed by atoms with Crippen molar-refractivity contribution in [2.24, 2.45) is 5.73 Å². The largest absolute Gasteiger partial charge is 0.388 e. The molecule has 0 spiro atoms. The summed E-state index contributed by atoms with van der Waals surface area (Å²) < 4.78 is 10.3. The van der Waals surface area contributed by atoms with Crippen LogP contribution in [0.2, 0.25) is 0 Å². The van der Waals surface area contributed by atoms with E-state index < -0.39 is 11.3 Å². The molecular weight excluding hydrogens is 450 g/mol. The summed E-state index contributed by atoms with van der Waals surface area (Å²) in [5.74, 6) is 0.304. The molecule has 178 valence electrons. The number of nitrogens with zero attached hydrogens (tertiary/aromatic N) is 2. The molecule has 0 heterocycles. The second-order valence-corrected chi connectivity index (χ2v) is 8.80. The molecule has 2 N–H and O–H groups in total. The highest BCUT2D eigenvalue weighted by Crippen LogP contribution is 2.53. The molecular formula is C30H25N3O3. The van der Waals surface area contributed by atoms with E-state index in [0.717, 1.165) is 33.4 Å². The predicted molar refractivity (Wildman–Crippen MR) is 136 cm³/mol. The molecule has 1 unspecified atom stereocenters. The first-order chi connectivity index (χ1) is 17.4. The monoisotopic (exact) mass is 475 g/mol. The van der Waals surface area contributed by atoms with Crippen molar-refractivity contribution in [3.63, 3.8) is 0 Å². The second-order valence-electron chi connectivity index (χ2n) is 8.80. The summed E-state index contributed by atoms with van der Waals surface area (Å²) in [4.78, 5) is 12.1. The zero-order valence-corrected chi connectivity index (χ0v) is 20.1. The van der Waals surface area contributed by atoms with Gasteiger partial charge in [0.1, 0.15) is 11.5 Å². The average molecular weight is 476 g/mol. The summed E-state index contributed by atoms with van der Waals surface area (Å²) in [5, 5.41) is 18.1. The molecule has 1 aliphatic carbocycles. The number of hydrogen-bond donors (Lipinski definition) is 1. The Balaban J connectivity index is 2.04. The predicted octanol–water partition coefficient (Wildman–Crippen LogP) is 5.46. The fourth-order valence-corrected chi connectivity index (χ4v) is 5.13. The molecule has 0 saturated heterocycles. The van der Waals surface area contributed by atoms with E-state index in [1.54, 1.807) is 24.6 Å². The molecule has 0 aromatic heterocycles. The number of carbonyl (C=O) groups excluding carboxylic acids is 1. The third-order valence-electron chi connectivity index (χ3n) is 6.62. The highest BCUT2D eigenvalue weighted by molar-refractivity contribution is 5.78. The molecule has 0 bridgehead atoms. The van der Waals surface area contributed by atoms with E-state index in [4.69, 9.17) is 25.7 Å². The van der Waals surface area contributed by atoms with Crippen LogP contribution in [0.4, 0.5) is 0 Å². The molecule has 0 aliphatic heterocycles. The number of aryl methyl sites for hydroxylation is 2. The number of amides is 1. The van der Waals surface area contributed by atoms with Gasteiger partial charge < -0.3 is 15.2 Å². The highest BCUT2D eigenvalue weighted by Gasteiger charge is 2.44. The SMILES string of the molecule is Cc1cc(C2(c3ccc(OC#N)c(C)c3)C=CC=C(CC(N)=O)C2c2ccccc2)ccc1OC#N. The van der Waals surface area contributed by atoms with E-state index in [1.165, 1.54) is 0 Å². The van der Waals surface area contributed by atoms with Gasteiger partial charge in [-0.15, -0.1) is 10.5 Å². The topological polar surface area (TPSA) is 109 Å². The lowest BCUT2D eigenvalue weighted by Crippen LogP contribution is -2.37. The Morgan fingerprint density at radius 1 is 0.917 bits per heavy atom. The Morgan fingerprint density at radius 2 is 1.47 bits per heavy atom. The van der Waals surface area contributed by atoms with Crippen LogP contribution >= 0.6 is 0 Å². The van der Waals surface area contributed by atoms with Crippen molar-refractivity contribution in [1.82, 2.24) is 0 Å². The quantitative estimate of drug-likeness (QED) is 0.456. The molecule has 1 aliphatic rings. The Hall–Kier alpha value is -4.81. The van der Waals surface area contributed by atoms with Gasteiger partial charge in [0.25, 0.3) is 12.5 Å². The first-order valence-corrected chi connectivity index (χ1v) is 11.5. The highest BCUT2D eigenvalue weighted by atomic mass is 16.5. The zero-order chi connectivity index (χ0) is 25.7. The van der Waals surface area contributed by atoms with Crippen LogP contribution in [-0.2, 0) is 10.2 Å². The number of hydrogen-bond acceptors (Lipinski definition) is 5. The van der Waals surface area contributed by atoms with Crippen molar-refractivity contribution in [3.05, 3.63) is 118 Å². The van der Waals surface area contributed by atoms with Crippen LogP contribution in [0.15, 0.2) is 90.5 Å².